The molecule has 0 bridgehead atoms. The number of nitrogens with zero attached hydrogens (tertiary/aromatic N) is 3. The number of benzene rings is 2. The van der Waals surface area contributed by atoms with Crippen molar-refractivity contribution in [2.75, 3.05) is 54.0 Å². The Labute approximate surface area is 205 Å². The molecule has 0 N–H and O–H groups in total. The zero-order valence-electron chi connectivity index (χ0n) is 21.2. The van der Waals surface area contributed by atoms with Crippen LogP contribution < -0.4 is 9.47 Å². The van der Waals surface area contributed by atoms with Gasteiger partial charge in [0, 0.05) is 37.6 Å². The van der Waals surface area contributed by atoms with Crippen molar-refractivity contribution in [3.05, 3.63) is 59.2 Å². The number of fused-ring (bicyclic) bond motifs is 1. The number of likely N-dealkylation sites (tertiary alicyclic amines) is 1. The molecule has 2 fully saturated rings. The molecule has 5 heteroatoms. The Kier molecular flexibility index (Phi) is 7.43. The van der Waals surface area contributed by atoms with Crippen LogP contribution in [0.4, 0.5) is 0 Å². The summed E-state index contributed by atoms with van der Waals surface area (Å²) in [5.41, 5.74) is 4.16. The maximum absolute atomic E-state index is 6.26. The van der Waals surface area contributed by atoms with Crippen LogP contribution in [0.2, 0.25) is 0 Å². The molecule has 0 spiro atoms. The fourth-order valence-electron chi connectivity index (χ4n) is 5.87. The number of piperidine rings is 1. The van der Waals surface area contributed by atoms with Crippen LogP contribution in [0.5, 0.6) is 11.5 Å². The quantitative estimate of drug-likeness (QED) is 0.507. The van der Waals surface area contributed by atoms with Crippen LogP contribution >= 0.6 is 0 Å². The van der Waals surface area contributed by atoms with Crippen molar-refractivity contribution in [2.45, 2.75) is 56.7 Å². The first-order valence-electron chi connectivity index (χ1n) is 13.1. The lowest BCUT2D eigenvalue weighted by Crippen LogP contribution is -2.45. The maximum atomic E-state index is 6.26. The normalized spacial score (nSPS) is 22.1. The molecule has 34 heavy (non-hydrogen) atoms. The molecule has 1 saturated heterocycles. The van der Waals surface area contributed by atoms with E-state index in [-0.39, 0.29) is 0 Å². The number of rotatable bonds is 9. The molecule has 5 rings (SSSR count). The van der Waals surface area contributed by atoms with E-state index in [2.05, 4.69) is 71.3 Å². The van der Waals surface area contributed by atoms with Gasteiger partial charge in [0.15, 0.2) is 0 Å². The molecule has 1 atom stereocenters. The summed E-state index contributed by atoms with van der Waals surface area (Å²) in [6.07, 6.45) is 6.53. The zero-order valence-corrected chi connectivity index (χ0v) is 21.2. The minimum absolute atomic E-state index is 0.385. The maximum Gasteiger partial charge on any atom is 0.119 e. The van der Waals surface area contributed by atoms with E-state index in [0.29, 0.717) is 5.92 Å². The van der Waals surface area contributed by atoms with E-state index < -0.39 is 0 Å². The molecule has 2 heterocycles. The molecule has 1 unspecified atom stereocenters. The first kappa shape index (κ1) is 23.7. The van der Waals surface area contributed by atoms with Crippen molar-refractivity contribution in [2.24, 2.45) is 0 Å². The second-order valence-corrected chi connectivity index (χ2v) is 10.6. The molecule has 5 nitrogen and oxygen atoms in total. The Bertz CT molecular complexity index is 935. The van der Waals surface area contributed by atoms with E-state index in [0.717, 1.165) is 49.7 Å². The Morgan fingerprint density at radius 2 is 1.59 bits per heavy atom. The Hall–Kier alpha value is -2.08. The zero-order chi connectivity index (χ0) is 23.5. The van der Waals surface area contributed by atoms with E-state index >= 15 is 0 Å². The summed E-state index contributed by atoms with van der Waals surface area (Å²) in [5, 5.41) is 0. The highest BCUT2D eigenvalue weighted by Crippen LogP contribution is 2.36. The van der Waals surface area contributed by atoms with Gasteiger partial charge >= 0.3 is 0 Å². The number of methoxy groups -OCH3 is 1. The van der Waals surface area contributed by atoms with Crippen molar-refractivity contribution in [1.29, 1.82) is 0 Å². The summed E-state index contributed by atoms with van der Waals surface area (Å²) in [6, 6.07) is 16.9. The minimum atomic E-state index is 0.385. The second kappa shape index (κ2) is 10.7. The highest BCUT2D eigenvalue weighted by Gasteiger charge is 2.34. The number of hydrogen-bond donors (Lipinski definition) is 0. The molecule has 184 valence electrons. The Balaban J connectivity index is 1.18. The van der Waals surface area contributed by atoms with Gasteiger partial charge in [-0.25, -0.2) is 0 Å². The standard InChI is InChI=1S/C29H41N3O2/c1-30-16-13-25(14-17-30)32(24-7-8-24)15-4-18-34-27-11-12-28-23(19-27)20-31(2)21-29(28)22-5-9-26(33-3)10-6-22/h5-6,9-12,19,24-25,29H,4,7-8,13-18,20-21H2,1-3H3. The summed E-state index contributed by atoms with van der Waals surface area (Å²) in [6.45, 7) is 6.47. The monoisotopic (exact) mass is 463 g/mol. The average Bonchev–Trinajstić information content (AvgIpc) is 3.69. The van der Waals surface area contributed by atoms with Crippen LogP contribution in [0.15, 0.2) is 42.5 Å². The van der Waals surface area contributed by atoms with Crippen LogP contribution in [0, 0.1) is 0 Å². The SMILES string of the molecule is COc1ccc(C2CN(C)Cc3cc(OCCCN(C4CC4)C4CCN(C)CC4)ccc32)cc1. The molecule has 2 aromatic carbocycles. The molecular formula is C29H41N3O2. The van der Waals surface area contributed by atoms with E-state index in [1.54, 1.807) is 7.11 Å². The van der Waals surface area contributed by atoms with Crippen molar-refractivity contribution >= 4 is 0 Å². The summed E-state index contributed by atoms with van der Waals surface area (Å²) in [4.78, 5) is 7.69. The van der Waals surface area contributed by atoms with Crippen LogP contribution in [0.25, 0.3) is 0 Å². The first-order valence-corrected chi connectivity index (χ1v) is 13.1. The van der Waals surface area contributed by atoms with E-state index in [9.17, 15) is 0 Å². The lowest BCUT2D eigenvalue weighted by atomic mass is 9.84. The molecule has 3 aliphatic rings. The molecule has 0 aromatic heterocycles. The second-order valence-electron chi connectivity index (χ2n) is 10.6. The highest BCUT2D eigenvalue weighted by atomic mass is 16.5. The topological polar surface area (TPSA) is 28.2 Å². The first-order chi connectivity index (χ1) is 16.6. The van der Waals surface area contributed by atoms with Crippen molar-refractivity contribution in [3.8, 4) is 11.5 Å². The Morgan fingerprint density at radius 3 is 2.29 bits per heavy atom. The summed E-state index contributed by atoms with van der Waals surface area (Å²) in [5.74, 6) is 2.31. The van der Waals surface area contributed by atoms with Gasteiger partial charge in [-0.15, -0.1) is 0 Å². The summed E-state index contributed by atoms with van der Waals surface area (Å²) in [7, 11) is 6.18. The van der Waals surface area contributed by atoms with Crippen molar-refractivity contribution < 1.29 is 9.47 Å². The third-order valence-electron chi connectivity index (χ3n) is 7.94. The fourth-order valence-corrected chi connectivity index (χ4v) is 5.87. The summed E-state index contributed by atoms with van der Waals surface area (Å²) >= 11 is 0. The van der Waals surface area contributed by atoms with Gasteiger partial charge in [-0.3, -0.25) is 4.90 Å². The van der Waals surface area contributed by atoms with Crippen LogP contribution in [-0.4, -0.2) is 80.8 Å². The Morgan fingerprint density at radius 1 is 0.882 bits per heavy atom. The van der Waals surface area contributed by atoms with Gasteiger partial charge in [0.05, 0.1) is 13.7 Å². The molecular weight excluding hydrogens is 422 g/mol. The van der Waals surface area contributed by atoms with Gasteiger partial charge < -0.3 is 19.3 Å². The van der Waals surface area contributed by atoms with Gasteiger partial charge in [0.25, 0.3) is 0 Å². The van der Waals surface area contributed by atoms with Gasteiger partial charge in [0.2, 0.25) is 0 Å². The van der Waals surface area contributed by atoms with Gasteiger partial charge in [0.1, 0.15) is 11.5 Å². The average molecular weight is 464 g/mol. The van der Waals surface area contributed by atoms with Gasteiger partial charge in [-0.1, -0.05) is 18.2 Å². The largest absolute Gasteiger partial charge is 0.497 e. The fraction of sp³-hybridized carbons (Fsp3) is 0.586. The van der Waals surface area contributed by atoms with Crippen LogP contribution in [0.1, 0.15) is 54.7 Å². The van der Waals surface area contributed by atoms with Crippen molar-refractivity contribution in [3.63, 3.8) is 0 Å². The minimum Gasteiger partial charge on any atom is -0.497 e. The lowest BCUT2D eigenvalue weighted by Gasteiger charge is -2.37. The smallest absolute Gasteiger partial charge is 0.119 e. The van der Waals surface area contributed by atoms with E-state index in [1.807, 2.05) is 0 Å². The van der Waals surface area contributed by atoms with Crippen LogP contribution in [0.3, 0.4) is 0 Å². The van der Waals surface area contributed by atoms with Gasteiger partial charge in [-0.2, -0.15) is 0 Å². The predicted octanol–water partition coefficient (Wildman–Crippen LogP) is 4.60. The van der Waals surface area contributed by atoms with Crippen molar-refractivity contribution in [1.82, 2.24) is 14.7 Å². The lowest BCUT2D eigenvalue weighted by molar-refractivity contribution is 0.107. The predicted molar refractivity (Wildman–Crippen MR) is 138 cm³/mol. The molecule has 0 amide bonds. The van der Waals surface area contributed by atoms with Crippen LogP contribution in [-0.2, 0) is 6.54 Å². The molecule has 1 saturated carbocycles. The number of likely N-dealkylation sites (N-methyl/N-ethyl adjacent to an activating group) is 1. The summed E-state index contributed by atoms with van der Waals surface area (Å²) < 4.78 is 11.6. The highest BCUT2D eigenvalue weighted by molar-refractivity contribution is 5.45. The molecule has 2 aliphatic heterocycles. The van der Waals surface area contributed by atoms with Gasteiger partial charge in [-0.05, 0) is 100 Å². The number of hydrogen-bond acceptors (Lipinski definition) is 5. The van der Waals surface area contributed by atoms with E-state index in [1.165, 1.54) is 62.0 Å². The number of ether oxygens (including phenoxy) is 2. The third-order valence-corrected chi connectivity index (χ3v) is 7.94. The molecule has 2 aromatic rings. The molecule has 1 aliphatic carbocycles. The van der Waals surface area contributed by atoms with E-state index in [4.69, 9.17) is 9.47 Å². The molecule has 0 radical (unpaired) electrons. The third kappa shape index (κ3) is 5.59.